The first-order valence-corrected chi connectivity index (χ1v) is 5.93. The SMILES string of the molecule is Cc1c(-c2ccccc2)noc1S(=O)(=O)O. The highest BCUT2D eigenvalue weighted by Crippen LogP contribution is 2.26. The van der Waals surface area contributed by atoms with E-state index in [1.165, 1.54) is 6.92 Å². The lowest BCUT2D eigenvalue weighted by atomic mass is 10.1. The molecule has 1 aromatic carbocycles. The van der Waals surface area contributed by atoms with Crippen LogP contribution in [0, 0.1) is 6.92 Å². The summed E-state index contributed by atoms with van der Waals surface area (Å²) in [5, 5.41) is 3.13. The smallest absolute Gasteiger partial charge is 0.331 e. The predicted molar refractivity (Wildman–Crippen MR) is 56.5 cm³/mol. The molecule has 0 saturated heterocycles. The van der Waals surface area contributed by atoms with E-state index in [1.807, 2.05) is 6.07 Å². The third-order valence-corrected chi connectivity index (χ3v) is 3.01. The number of benzene rings is 1. The van der Waals surface area contributed by atoms with Gasteiger partial charge in [-0.1, -0.05) is 35.5 Å². The highest BCUT2D eigenvalue weighted by atomic mass is 32.2. The first-order valence-electron chi connectivity index (χ1n) is 4.49. The fourth-order valence-corrected chi connectivity index (χ4v) is 2.04. The number of rotatable bonds is 2. The van der Waals surface area contributed by atoms with E-state index in [4.69, 9.17) is 4.55 Å². The van der Waals surface area contributed by atoms with Crippen LogP contribution in [-0.4, -0.2) is 18.1 Å². The number of aromatic nitrogens is 1. The van der Waals surface area contributed by atoms with Gasteiger partial charge in [0, 0.05) is 11.1 Å². The van der Waals surface area contributed by atoms with Crippen LogP contribution in [0.4, 0.5) is 0 Å². The lowest BCUT2D eigenvalue weighted by Gasteiger charge is -1.95. The van der Waals surface area contributed by atoms with Gasteiger partial charge in [0.15, 0.2) is 0 Å². The molecule has 0 atom stereocenters. The zero-order chi connectivity index (χ0) is 11.8. The summed E-state index contributed by atoms with van der Waals surface area (Å²) >= 11 is 0. The van der Waals surface area contributed by atoms with Gasteiger partial charge in [0.2, 0.25) is 0 Å². The topological polar surface area (TPSA) is 80.4 Å². The van der Waals surface area contributed by atoms with Gasteiger partial charge in [0.1, 0.15) is 5.69 Å². The van der Waals surface area contributed by atoms with Crippen molar-refractivity contribution in [2.24, 2.45) is 0 Å². The Kier molecular flexibility index (Phi) is 2.53. The summed E-state index contributed by atoms with van der Waals surface area (Å²) in [5.74, 6) is 0. The van der Waals surface area contributed by atoms with Crippen molar-refractivity contribution in [1.82, 2.24) is 5.16 Å². The average molecular weight is 239 g/mol. The molecule has 0 fully saturated rings. The maximum absolute atomic E-state index is 10.9. The summed E-state index contributed by atoms with van der Waals surface area (Å²) < 4.78 is 35.3. The lowest BCUT2D eigenvalue weighted by Crippen LogP contribution is -1.97. The summed E-state index contributed by atoms with van der Waals surface area (Å²) in [6, 6.07) is 8.99. The molecule has 0 spiro atoms. The Labute approximate surface area is 92.4 Å². The van der Waals surface area contributed by atoms with Gasteiger partial charge in [0.25, 0.3) is 5.09 Å². The fraction of sp³-hybridized carbons (Fsp3) is 0.100. The van der Waals surface area contributed by atoms with Crippen molar-refractivity contribution in [1.29, 1.82) is 0 Å². The van der Waals surface area contributed by atoms with Gasteiger partial charge in [0.05, 0.1) is 0 Å². The average Bonchev–Trinajstić information content (AvgIpc) is 2.61. The van der Waals surface area contributed by atoms with Gasteiger partial charge in [-0.15, -0.1) is 0 Å². The van der Waals surface area contributed by atoms with Crippen LogP contribution in [0.3, 0.4) is 0 Å². The lowest BCUT2D eigenvalue weighted by molar-refractivity contribution is 0.323. The maximum atomic E-state index is 10.9. The minimum Gasteiger partial charge on any atom is -0.341 e. The molecule has 84 valence electrons. The van der Waals surface area contributed by atoms with Crippen LogP contribution in [0.5, 0.6) is 0 Å². The molecule has 0 aliphatic carbocycles. The van der Waals surface area contributed by atoms with Gasteiger partial charge < -0.3 is 4.52 Å². The zero-order valence-corrected chi connectivity index (χ0v) is 9.23. The first kappa shape index (κ1) is 10.8. The quantitative estimate of drug-likeness (QED) is 0.809. The summed E-state index contributed by atoms with van der Waals surface area (Å²) in [5.41, 5.74) is 1.44. The third-order valence-electron chi connectivity index (χ3n) is 2.16. The molecule has 0 aliphatic rings. The number of hydrogen-bond donors (Lipinski definition) is 1. The highest BCUT2D eigenvalue weighted by molar-refractivity contribution is 7.85. The van der Waals surface area contributed by atoms with Gasteiger partial charge in [-0.3, -0.25) is 4.55 Å². The van der Waals surface area contributed by atoms with E-state index in [1.54, 1.807) is 24.3 Å². The van der Waals surface area contributed by atoms with Crippen LogP contribution in [0.1, 0.15) is 5.56 Å². The number of hydrogen-bond acceptors (Lipinski definition) is 4. The Hall–Kier alpha value is -1.66. The van der Waals surface area contributed by atoms with E-state index >= 15 is 0 Å². The summed E-state index contributed by atoms with van der Waals surface area (Å²) in [6.07, 6.45) is 0. The van der Waals surface area contributed by atoms with Gasteiger partial charge >= 0.3 is 10.1 Å². The Morgan fingerprint density at radius 2 is 1.88 bits per heavy atom. The van der Waals surface area contributed by atoms with E-state index in [-0.39, 0.29) is 0 Å². The molecule has 1 heterocycles. The molecular weight excluding hydrogens is 230 g/mol. The van der Waals surface area contributed by atoms with Crippen molar-refractivity contribution < 1.29 is 17.5 Å². The molecule has 0 bridgehead atoms. The minimum absolute atomic E-state index is 0.300. The van der Waals surface area contributed by atoms with E-state index in [2.05, 4.69) is 9.68 Å². The summed E-state index contributed by atoms with van der Waals surface area (Å²) in [7, 11) is -4.35. The molecule has 1 N–H and O–H groups in total. The van der Waals surface area contributed by atoms with E-state index in [9.17, 15) is 8.42 Å². The zero-order valence-electron chi connectivity index (χ0n) is 8.41. The molecular formula is C10H9NO4S. The third kappa shape index (κ3) is 1.84. The molecule has 0 aliphatic heterocycles. The molecule has 16 heavy (non-hydrogen) atoms. The Bertz CT molecular complexity index is 601. The molecule has 0 radical (unpaired) electrons. The molecule has 5 nitrogen and oxygen atoms in total. The first-order chi connectivity index (χ1) is 7.50. The molecule has 0 unspecified atom stereocenters. The highest BCUT2D eigenvalue weighted by Gasteiger charge is 2.23. The van der Waals surface area contributed by atoms with E-state index < -0.39 is 15.2 Å². The van der Waals surface area contributed by atoms with Crippen molar-refractivity contribution in [3.8, 4) is 11.3 Å². The summed E-state index contributed by atoms with van der Waals surface area (Å²) in [6.45, 7) is 1.53. The molecule has 1 aromatic heterocycles. The Morgan fingerprint density at radius 3 is 2.38 bits per heavy atom. The van der Waals surface area contributed by atoms with E-state index in [0.717, 1.165) is 5.56 Å². The second-order valence-corrected chi connectivity index (χ2v) is 4.61. The fourth-order valence-electron chi connectivity index (χ4n) is 1.43. The normalized spacial score (nSPS) is 11.6. The van der Waals surface area contributed by atoms with Crippen molar-refractivity contribution in [2.75, 3.05) is 0 Å². The van der Waals surface area contributed by atoms with Crippen LogP contribution in [-0.2, 0) is 10.1 Å². The van der Waals surface area contributed by atoms with Crippen LogP contribution in [0.25, 0.3) is 11.3 Å². The summed E-state index contributed by atoms with van der Waals surface area (Å²) in [4.78, 5) is 0. The van der Waals surface area contributed by atoms with E-state index in [0.29, 0.717) is 11.3 Å². The Morgan fingerprint density at radius 1 is 1.25 bits per heavy atom. The molecule has 2 rings (SSSR count). The van der Waals surface area contributed by atoms with Gasteiger partial charge in [-0.25, -0.2) is 0 Å². The molecule has 6 heteroatoms. The van der Waals surface area contributed by atoms with Crippen LogP contribution in [0.2, 0.25) is 0 Å². The largest absolute Gasteiger partial charge is 0.341 e. The molecule has 2 aromatic rings. The molecule has 0 amide bonds. The standard InChI is InChI=1S/C10H9NO4S/c1-7-9(8-5-3-2-4-6-8)11-15-10(7)16(12,13)14/h2-6H,1H3,(H,12,13,14). The molecule has 0 saturated carbocycles. The second-order valence-electron chi connectivity index (χ2n) is 3.28. The van der Waals surface area contributed by atoms with Crippen molar-refractivity contribution >= 4 is 10.1 Å². The number of nitrogens with zero attached hydrogens (tertiary/aromatic N) is 1. The van der Waals surface area contributed by atoms with Crippen molar-refractivity contribution in [3.05, 3.63) is 35.9 Å². The second kappa shape index (κ2) is 3.73. The van der Waals surface area contributed by atoms with Crippen LogP contribution >= 0.6 is 0 Å². The van der Waals surface area contributed by atoms with Gasteiger partial charge in [-0.2, -0.15) is 8.42 Å². The monoisotopic (exact) mass is 239 g/mol. The van der Waals surface area contributed by atoms with Crippen molar-refractivity contribution in [2.45, 2.75) is 12.0 Å². The maximum Gasteiger partial charge on any atom is 0.331 e. The predicted octanol–water partition coefficient (Wildman–Crippen LogP) is 1.90. The van der Waals surface area contributed by atoms with Gasteiger partial charge in [-0.05, 0) is 6.92 Å². The minimum atomic E-state index is -4.35. The van der Waals surface area contributed by atoms with Crippen LogP contribution in [0.15, 0.2) is 39.9 Å². The van der Waals surface area contributed by atoms with Crippen LogP contribution < -0.4 is 0 Å². The van der Waals surface area contributed by atoms with Crippen molar-refractivity contribution in [3.63, 3.8) is 0 Å². The Balaban J connectivity index is 2.59.